The molecule has 0 amide bonds. The zero-order valence-electron chi connectivity index (χ0n) is 16.5. The number of benzene rings is 1. The fraction of sp³-hybridized carbons (Fsp3) is 0.227. The average Bonchev–Trinajstić information content (AvgIpc) is 3.16. The van der Waals surface area contributed by atoms with Crippen molar-refractivity contribution in [2.24, 2.45) is 0 Å². The van der Waals surface area contributed by atoms with Crippen molar-refractivity contribution in [3.05, 3.63) is 70.8 Å². The highest BCUT2D eigenvalue weighted by atomic mass is 16.5. The van der Waals surface area contributed by atoms with E-state index in [0.29, 0.717) is 17.9 Å². The lowest BCUT2D eigenvalue weighted by atomic mass is 10.1. The molecule has 0 spiro atoms. The molecule has 2 N–H and O–H groups in total. The second kappa shape index (κ2) is 8.38. The van der Waals surface area contributed by atoms with Crippen LogP contribution in [0.15, 0.2) is 59.7 Å². The molecule has 1 aromatic carbocycles. The Morgan fingerprint density at radius 3 is 2.72 bits per heavy atom. The van der Waals surface area contributed by atoms with Gasteiger partial charge in [-0.2, -0.15) is 5.10 Å². The van der Waals surface area contributed by atoms with Crippen molar-refractivity contribution in [2.45, 2.75) is 6.54 Å². The number of H-pyrrole nitrogens is 2. The van der Waals surface area contributed by atoms with E-state index in [1.165, 1.54) is 5.56 Å². The van der Waals surface area contributed by atoms with Gasteiger partial charge in [0.1, 0.15) is 0 Å². The molecule has 0 fully saturated rings. The van der Waals surface area contributed by atoms with Crippen molar-refractivity contribution in [3.63, 3.8) is 0 Å². The summed E-state index contributed by atoms with van der Waals surface area (Å²) < 4.78 is 5.14. The van der Waals surface area contributed by atoms with Gasteiger partial charge >= 0.3 is 0 Å². The highest BCUT2D eigenvalue weighted by molar-refractivity contribution is 5.86. The van der Waals surface area contributed by atoms with Gasteiger partial charge in [-0.05, 0) is 49.0 Å². The number of hydrogen-bond acceptors (Lipinski definition) is 5. The molecule has 7 nitrogen and oxygen atoms in total. The van der Waals surface area contributed by atoms with Crippen LogP contribution in [0.25, 0.3) is 33.4 Å². The van der Waals surface area contributed by atoms with Crippen LogP contribution >= 0.6 is 0 Å². The first-order valence-electron chi connectivity index (χ1n) is 9.43. The summed E-state index contributed by atoms with van der Waals surface area (Å²) in [4.78, 5) is 22.0. The number of nitrogens with one attached hydrogen (secondary N) is 2. The van der Waals surface area contributed by atoms with Crippen LogP contribution in [0.4, 0.5) is 0 Å². The first-order chi connectivity index (χ1) is 14.1. The fourth-order valence-corrected chi connectivity index (χ4v) is 3.34. The van der Waals surface area contributed by atoms with Crippen molar-refractivity contribution < 1.29 is 4.74 Å². The van der Waals surface area contributed by atoms with Gasteiger partial charge in [0.2, 0.25) is 0 Å². The fourth-order valence-electron chi connectivity index (χ4n) is 3.34. The maximum atomic E-state index is 12.4. The number of methoxy groups -OCH3 is 1. The molecule has 148 valence electrons. The third-order valence-electron chi connectivity index (χ3n) is 4.88. The van der Waals surface area contributed by atoms with E-state index in [4.69, 9.17) is 4.74 Å². The smallest absolute Gasteiger partial charge is 0.273 e. The third kappa shape index (κ3) is 4.26. The molecule has 4 aromatic rings. The van der Waals surface area contributed by atoms with E-state index in [2.05, 4.69) is 50.3 Å². The van der Waals surface area contributed by atoms with Gasteiger partial charge in [-0.1, -0.05) is 6.07 Å². The molecule has 0 aliphatic carbocycles. The first-order valence-corrected chi connectivity index (χ1v) is 9.43. The van der Waals surface area contributed by atoms with Crippen molar-refractivity contribution >= 4 is 10.9 Å². The summed E-state index contributed by atoms with van der Waals surface area (Å²) in [5.41, 5.74) is 4.89. The summed E-state index contributed by atoms with van der Waals surface area (Å²) >= 11 is 0. The van der Waals surface area contributed by atoms with Gasteiger partial charge in [-0.3, -0.25) is 14.7 Å². The van der Waals surface area contributed by atoms with E-state index in [9.17, 15) is 4.79 Å². The predicted octanol–water partition coefficient (Wildman–Crippen LogP) is 3.06. The second-order valence-corrected chi connectivity index (χ2v) is 7.07. The number of pyridine rings is 1. The Bertz CT molecular complexity index is 1170. The Morgan fingerprint density at radius 2 is 1.93 bits per heavy atom. The minimum absolute atomic E-state index is 0.228. The van der Waals surface area contributed by atoms with E-state index in [-0.39, 0.29) is 5.56 Å². The number of aromatic nitrogens is 4. The van der Waals surface area contributed by atoms with E-state index in [1.54, 1.807) is 25.6 Å². The van der Waals surface area contributed by atoms with Gasteiger partial charge in [0.25, 0.3) is 5.56 Å². The monoisotopic (exact) mass is 389 g/mol. The van der Waals surface area contributed by atoms with Crippen molar-refractivity contribution in [1.29, 1.82) is 0 Å². The lowest BCUT2D eigenvalue weighted by Gasteiger charge is -2.15. The summed E-state index contributed by atoms with van der Waals surface area (Å²) in [6.45, 7) is 2.41. The van der Waals surface area contributed by atoms with E-state index in [0.717, 1.165) is 35.2 Å². The molecule has 3 heterocycles. The molecular weight excluding hydrogens is 366 g/mol. The molecule has 0 radical (unpaired) electrons. The molecule has 0 saturated carbocycles. The van der Waals surface area contributed by atoms with Gasteiger partial charge in [0, 0.05) is 49.1 Å². The SMILES string of the molecule is COCCN(C)Cc1ccc2[nH]c(-c3cc(-c4ccncc4)n[nH]c3=O)cc2c1. The van der Waals surface area contributed by atoms with Crippen LogP contribution in [0.3, 0.4) is 0 Å². The number of nitrogens with zero attached hydrogens (tertiary/aromatic N) is 3. The Balaban J connectivity index is 1.65. The van der Waals surface area contributed by atoms with E-state index >= 15 is 0 Å². The minimum atomic E-state index is -0.228. The summed E-state index contributed by atoms with van der Waals surface area (Å²) in [7, 11) is 3.78. The highest BCUT2D eigenvalue weighted by Crippen LogP contribution is 2.25. The van der Waals surface area contributed by atoms with Crippen molar-refractivity contribution in [3.8, 4) is 22.5 Å². The van der Waals surface area contributed by atoms with E-state index < -0.39 is 0 Å². The normalized spacial score (nSPS) is 11.4. The number of ether oxygens (including phenoxy) is 1. The zero-order valence-corrected chi connectivity index (χ0v) is 16.5. The third-order valence-corrected chi connectivity index (χ3v) is 4.88. The lowest BCUT2D eigenvalue weighted by Crippen LogP contribution is -2.22. The van der Waals surface area contributed by atoms with Crippen LogP contribution in [0, 0.1) is 0 Å². The molecule has 3 aromatic heterocycles. The number of rotatable bonds is 7. The molecule has 29 heavy (non-hydrogen) atoms. The van der Waals surface area contributed by atoms with Gasteiger partial charge in [0.15, 0.2) is 0 Å². The molecule has 0 atom stereocenters. The second-order valence-electron chi connectivity index (χ2n) is 7.07. The topological polar surface area (TPSA) is 86.9 Å². The molecule has 0 bridgehead atoms. The van der Waals surface area contributed by atoms with Crippen LogP contribution in [-0.2, 0) is 11.3 Å². The van der Waals surface area contributed by atoms with Crippen LogP contribution in [0.2, 0.25) is 0 Å². The van der Waals surface area contributed by atoms with Gasteiger partial charge in [-0.25, -0.2) is 5.10 Å². The summed E-state index contributed by atoms with van der Waals surface area (Å²) in [6.07, 6.45) is 3.41. The Morgan fingerprint density at radius 1 is 1.10 bits per heavy atom. The quantitative estimate of drug-likeness (QED) is 0.507. The molecular formula is C22H23N5O2. The minimum Gasteiger partial charge on any atom is -0.383 e. The molecule has 0 aliphatic heterocycles. The molecule has 0 aliphatic rings. The summed E-state index contributed by atoms with van der Waals surface area (Å²) in [6, 6.07) is 13.8. The number of aromatic amines is 2. The first kappa shape index (κ1) is 19.0. The Hall–Kier alpha value is -3.29. The summed E-state index contributed by atoms with van der Waals surface area (Å²) in [5.74, 6) is 0. The maximum Gasteiger partial charge on any atom is 0.273 e. The predicted molar refractivity (Wildman–Crippen MR) is 114 cm³/mol. The Kier molecular flexibility index (Phi) is 5.50. The van der Waals surface area contributed by atoms with Gasteiger partial charge in [-0.15, -0.1) is 0 Å². The average molecular weight is 389 g/mol. The molecule has 7 heteroatoms. The highest BCUT2D eigenvalue weighted by Gasteiger charge is 2.11. The molecule has 0 unspecified atom stereocenters. The van der Waals surface area contributed by atoms with Crippen molar-refractivity contribution in [1.82, 2.24) is 25.1 Å². The number of fused-ring (bicyclic) bond motifs is 1. The molecule has 4 rings (SSSR count). The summed E-state index contributed by atoms with van der Waals surface area (Å²) in [5, 5.41) is 7.84. The van der Waals surface area contributed by atoms with Crippen molar-refractivity contribution in [2.75, 3.05) is 27.3 Å². The molecule has 0 saturated heterocycles. The number of likely N-dealkylation sites (N-methyl/N-ethyl adjacent to an activating group) is 1. The zero-order chi connectivity index (χ0) is 20.2. The Labute approximate surface area is 168 Å². The van der Waals surface area contributed by atoms with Gasteiger partial charge < -0.3 is 9.72 Å². The number of hydrogen-bond donors (Lipinski definition) is 2. The van der Waals surface area contributed by atoms with Crippen LogP contribution in [-0.4, -0.2) is 52.4 Å². The largest absolute Gasteiger partial charge is 0.383 e. The maximum absolute atomic E-state index is 12.4. The van der Waals surface area contributed by atoms with E-state index in [1.807, 2.05) is 18.2 Å². The van der Waals surface area contributed by atoms with Crippen LogP contribution < -0.4 is 5.56 Å². The lowest BCUT2D eigenvalue weighted by molar-refractivity contribution is 0.158. The van der Waals surface area contributed by atoms with Crippen LogP contribution in [0.5, 0.6) is 0 Å². The van der Waals surface area contributed by atoms with Gasteiger partial charge in [0.05, 0.1) is 23.6 Å². The standard InChI is InChI=1S/C22H23N5O2/c1-27(9-10-29-2)14-15-3-4-19-17(11-15)12-21(24-19)18-13-20(25-26-22(18)28)16-5-7-23-8-6-16/h3-8,11-13,24H,9-10,14H2,1-2H3,(H,26,28). The van der Waals surface area contributed by atoms with Crippen LogP contribution in [0.1, 0.15) is 5.56 Å².